The molecule has 1 aromatic heterocycles. The van der Waals surface area contributed by atoms with Crippen LogP contribution in [0.4, 0.5) is 0 Å². The topological polar surface area (TPSA) is 12.9 Å². The molecule has 0 unspecified atom stereocenters. The second kappa shape index (κ2) is 9.41. The van der Waals surface area contributed by atoms with Crippen molar-refractivity contribution in [1.29, 1.82) is 0 Å². The Morgan fingerprint density at radius 3 is 2.03 bits per heavy atom. The highest BCUT2D eigenvalue weighted by atomic mass is 32.1. The van der Waals surface area contributed by atoms with Crippen molar-refractivity contribution in [2.75, 3.05) is 0 Å². The summed E-state index contributed by atoms with van der Waals surface area (Å²) in [5, 5.41) is 3.55. The van der Waals surface area contributed by atoms with Gasteiger partial charge < -0.3 is 0 Å². The van der Waals surface area contributed by atoms with Crippen molar-refractivity contribution in [3.8, 4) is 44.0 Å². The monoisotopic (exact) mass is 503 g/mol. The van der Waals surface area contributed by atoms with Crippen LogP contribution in [0.15, 0.2) is 133 Å². The molecule has 2 heteroatoms. The molecule has 7 rings (SSSR count). The fourth-order valence-corrected chi connectivity index (χ4v) is 6.42. The Kier molecular flexibility index (Phi) is 5.61. The van der Waals surface area contributed by atoms with Crippen LogP contribution in [0.2, 0.25) is 0 Å². The van der Waals surface area contributed by atoms with Gasteiger partial charge in [0, 0.05) is 11.1 Å². The van der Waals surface area contributed by atoms with Crippen molar-refractivity contribution in [2.45, 2.75) is 6.92 Å². The molecule has 0 bridgehead atoms. The molecule has 0 saturated carbocycles. The maximum atomic E-state index is 5.25. The van der Waals surface area contributed by atoms with Gasteiger partial charge in [-0.15, -0.1) is 11.3 Å². The van der Waals surface area contributed by atoms with Crippen molar-refractivity contribution in [1.82, 2.24) is 4.98 Å². The van der Waals surface area contributed by atoms with Gasteiger partial charge in [0.2, 0.25) is 0 Å². The highest BCUT2D eigenvalue weighted by Gasteiger charge is 2.16. The summed E-state index contributed by atoms with van der Waals surface area (Å²) in [6.07, 6.45) is 0. The molecule has 38 heavy (non-hydrogen) atoms. The predicted molar refractivity (Wildman–Crippen MR) is 164 cm³/mol. The first-order valence-corrected chi connectivity index (χ1v) is 13.7. The van der Waals surface area contributed by atoms with Crippen LogP contribution in [0, 0.1) is 6.92 Å². The van der Waals surface area contributed by atoms with E-state index >= 15 is 0 Å². The van der Waals surface area contributed by atoms with E-state index in [9.17, 15) is 0 Å². The number of aromatic nitrogens is 1. The molecule has 0 spiro atoms. The minimum absolute atomic E-state index is 1.06. The van der Waals surface area contributed by atoms with E-state index < -0.39 is 0 Å². The molecule has 0 radical (unpaired) electrons. The molecule has 0 aliphatic carbocycles. The second-order valence-corrected chi connectivity index (χ2v) is 10.7. The number of rotatable bonds is 4. The van der Waals surface area contributed by atoms with Gasteiger partial charge in [-0.05, 0) is 69.3 Å². The van der Waals surface area contributed by atoms with E-state index in [2.05, 4.69) is 140 Å². The number of benzene rings is 6. The van der Waals surface area contributed by atoms with Crippen molar-refractivity contribution in [3.05, 3.63) is 139 Å². The molecule has 0 fully saturated rings. The quantitative estimate of drug-likeness (QED) is 0.233. The van der Waals surface area contributed by atoms with Crippen molar-refractivity contribution < 1.29 is 0 Å². The van der Waals surface area contributed by atoms with Gasteiger partial charge in [0.1, 0.15) is 5.01 Å². The first kappa shape index (κ1) is 22.7. The van der Waals surface area contributed by atoms with Gasteiger partial charge in [-0.25, -0.2) is 4.98 Å². The zero-order valence-electron chi connectivity index (χ0n) is 21.1. The average Bonchev–Trinajstić information content (AvgIpc) is 3.41. The van der Waals surface area contributed by atoms with E-state index in [1.54, 1.807) is 11.3 Å². The number of aryl methyl sites for hydroxylation is 1. The standard InChI is InChI=1S/C36H25NS/c1-24-11-5-7-18-30(24)36-37-35-33(32-20-10-15-26-14-6-8-19-31(26)32)22-29(23-34(35)38-36)28-17-9-16-27(21-28)25-12-3-2-4-13-25/h2-23H,1H3. The van der Waals surface area contributed by atoms with Gasteiger partial charge in [-0.3, -0.25) is 0 Å². The van der Waals surface area contributed by atoms with Crippen LogP contribution < -0.4 is 0 Å². The van der Waals surface area contributed by atoms with Crippen LogP contribution in [0.3, 0.4) is 0 Å². The van der Waals surface area contributed by atoms with Gasteiger partial charge in [0.25, 0.3) is 0 Å². The number of thiazole rings is 1. The highest BCUT2D eigenvalue weighted by molar-refractivity contribution is 7.21. The Bertz CT molecular complexity index is 1930. The number of hydrogen-bond acceptors (Lipinski definition) is 2. The molecule has 1 nitrogen and oxygen atoms in total. The molecule has 0 aliphatic rings. The van der Waals surface area contributed by atoms with Crippen LogP contribution >= 0.6 is 11.3 Å². The third-order valence-corrected chi connectivity index (χ3v) is 8.29. The Labute approximate surface area is 226 Å². The highest BCUT2D eigenvalue weighted by Crippen LogP contribution is 2.42. The summed E-state index contributed by atoms with van der Waals surface area (Å²) in [6, 6.07) is 47.8. The van der Waals surface area contributed by atoms with Gasteiger partial charge in [-0.2, -0.15) is 0 Å². The first-order chi connectivity index (χ1) is 18.7. The molecular weight excluding hydrogens is 478 g/mol. The van der Waals surface area contributed by atoms with Crippen LogP contribution in [0.5, 0.6) is 0 Å². The van der Waals surface area contributed by atoms with E-state index in [0.29, 0.717) is 0 Å². The van der Waals surface area contributed by atoms with E-state index in [1.165, 1.54) is 60.0 Å². The Morgan fingerprint density at radius 2 is 1.16 bits per heavy atom. The summed E-state index contributed by atoms with van der Waals surface area (Å²) in [7, 11) is 0. The van der Waals surface area contributed by atoms with Gasteiger partial charge in [0.05, 0.1) is 10.2 Å². The molecule has 0 amide bonds. The summed E-state index contributed by atoms with van der Waals surface area (Å²) < 4.78 is 1.20. The van der Waals surface area contributed by atoms with Gasteiger partial charge in [0.15, 0.2) is 0 Å². The largest absolute Gasteiger partial charge is 0.235 e. The third-order valence-electron chi connectivity index (χ3n) is 7.25. The third kappa shape index (κ3) is 4.00. The summed E-state index contributed by atoms with van der Waals surface area (Å²) in [5.41, 5.74) is 10.8. The molecule has 1 heterocycles. The number of nitrogens with zero attached hydrogens (tertiary/aromatic N) is 1. The lowest BCUT2D eigenvalue weighted by molar-refractivity contribution is 1.41. The van der Waals surface area contributed by atoms with Crippen LogP contribution in [0.1, 0.15) is 5.56 Å². The maximum absolute atomic E-state index is 5.25. The van der Waals surface area contributed by atoms with Crippen molar-refractivity contribution in [2.24, 2.45) is 0 Å². The fraction of sp³-hybridized carbons (Fsp3) is 0.0278. The Hall–Kier alpha value is -4.53. The maximum Gasteiger partial charge on any atom is 0.124 e. The molecular formula is C36H25NS. The summed E-state index contributed by atoms with van der Waals surface area (Å²) in [4.78, 5) is 5.25. The van der Waals surface area contributed by atoms with Crippen LogP contribution in [-0.2, 0) is 0 Å². The molecule has 180 valence electrons. The summed E-state index contributed by atoms with van der Waals surface area (Å²) in [6.45, 7) is 2.16. The Morgan fingerprint density at radius 1 is 0.500 bits per heavy atom. The number of fused-ring (bicyclic) bond motifs is 2. The summed E-state index contributed by atoms with van der Waals surface area (Å²) >= 11 is 1.78. The van der Waals surface area contributed by atoms with Crippen molar-refractivity contribution in [3.63, 3.8) is 0 Å². The lowest BCUT2D eigenvalue weighted by Gasteiger charge is -2.12. The molecule has 7 aromatic rings. The van der Waals surface area contributed by atoms with Gasteiger partial charge in [-0.1, -0.05) is 115 Å². The Balaban J connectivity index is 1.49. The van der Waals surface area contributed by atoms with Crippen molar-refractivity contribution >= 4 is 32.3 Å². The molecule has 0 saturated heterocycles. The van der Waals surface area contributed by atoms with E-state index in [1.807, 2.05) is 0 Å². The average molecular weight is 504 g/mol. The zero-order valence-corrected chi connectivity index (χ0v) is 21.9. The number of hydrogen-bond donors (Lipinski definition) is 0. The minimum atomic E-state index is 1.06. The van der Waals surface area contributed by atoms with Crippen LogP contribution in [-0.4, -0.2) is 4.98 Å². The minimum Gasteiger partial charge on any atom is -0.235 e. The normalized spacial score (nSPS) is 11.3. The van der Waals surface area contributed by atoms with Gasteiger partial charge >= 0.3 is 0 Å². The van der Waals surface area contributed by atoms with E-state index in [4.69, 9.17) is 4.98 Å². The predicted octanol–water partition coefficient (Wildman–Crippen LogP) is 10.4. The molecule has 6 aromatic carbocycles. The second-order valence-electron chi connectivity index (χ2n) is 9.68. The fourth-order valence-electron chi connectivity index (χ4n) is 5.30. The smallest absolute Gasteiger partial charge is 0.124 e. The lowest BCUT2D eigenvalue weighted by atomic mass is 9.93. The molecule has 0 N–H and O–H groups in total. The molecule has 0 atom stereocenters. The zero-order chi connectivity index (χ0) is 25.5. The molecule has 0 aliphatic heterocycles. The summed E-state index contributed by atoms with van der Waals surface area (Å²) in [5.74, 6) is 0. The van der Waals surface area contributed by atoms with E-state index in [0.717, 1.165) is 10.5 Å². The van der Waals surface area contributed by atoms with Crippen LogP contribution in [0.25, 0.3) is 64.9 Å². The SMILES string of the molecule is Cc1ccccc1-c1nc2c(-c3cccc4ccccc34)cc(-c3cccc(-c4ccccc4)c3)cc2s1. The van der Waals surface area contributed by atoms with E-state index in [-0.39, 0.29) is 0 Å². The lowest BCUT2D eigenvalue weighted by Crippen LogP contribution is -1.87. The first-order valence-electron chi connectivity index (χ1n) is 12.9.